The van der Waals surface area contributed by atoms with Gasteiger partial charge in [0.15, 0.2) is 9.80 Å². The highest BCUT2D eigenvalue weighted by Crippen LogP contribution is 2.25. The van der Waals surface area contributed by atoms with E-state index in [1.54, 1.807) is 0 Å². The number of benzene rings is 1. The fourth-order valence-corrected chi connectivity index (χ4v) is 3.16. The SMILES string of the molecule is CC1C=CC([S+](C)c2ccccc2)=CC1. The van der Waals surface area contributed by atoms with E-state index in [9.17, 15) is 0 Å². The molecule has 0 spiro atoms. The third-order valence-electron chi connectivity index (χ3n) is 2.73. The zero-order chi connectivity index (χ0) is 10.7. The molecule has 0 N–H and O–H groups in total. The van der Waals surface area contributed by atoms with Crippen LogP contribution in [0.3, 0.4) is 0 Å². The number of allylic oxidation sites excluding steroid dienone is 3. The topological polar surface area (TPSA) is 0 Å². The van der Waals surface area contributed by atoms with Gasteiger partial charge in [-0.05, 0) is 36.6 Å². The van der Waals surface area contributed by atoms with Gasteiger partial charge < -0.3 is 0 Å². The van der Waals surface area contributed by atoms with Gasteiger partial charge in [-0.3, -0.25) is 0 Å². The van der Waals surface area contributed by atoms with Crippen LogP contribution in [0, 0.1) is 5.92 Å². The molecule has 15 heavy (non-hydrogen) atoms. The van der Waals surface area contributed by atoms with Crippen LogP contribution in [0.1, 0.15) is 13.3 Å². The van der Waals surface area contributed by atoms with Crippen molar-refractivity contribution in [1.82, 2.24) is 0 Å². The van der Waals surface area contributed by atoms with Gasteiger partial charge in [0, 0.05) is 0 Å². The Morgan fingerprint density at radius 2 is 1.93 bits per heavy atom. The van der Waals surface area contributed by atoms with Gasteiger partial charge in [-0.1, -0.05) is 31.2 Å². The van der Waals surface area contributed by atoms with Gasteiger partial charge in [-0.2, -0.15) is 0 Å². The number of hydrogen-bond donors (Lipinski definition) is 0. The van der Waals surface area contributed by atoms with Gasteiger partial charge in [-0.25, -0.2) is 0 Å². The summed E-state index contributed by atoms with van der Waals surface area (Å²) >= 11 is 0. The minimum absolute atomic E-state index is 0.240. The van der Waals surface area contributed by atoms with Gasteiger partial charge in [0.1, 0.15) is 6.26 Å². The molecule has 0 aromatic heterocycles. The summed E-state index contributed by atoms with van der Waals surface area (Å²) in [5.74, 6) is 0.710. The van der Waals surface area contributed by atoms with E-state index < -0.39 is 0 Å². The van der Waals surface area contributed by atoms with Crippen molar-refractivity contribution in [3.8, 4) is 0 Å². The van der Waals surface area contributed by atoms with Crippen molar-refractivity contribution in [1.29, 1.82) is 0 Å². The Hall–Kier alpha value is -0.950. The first-order valence-corrected chi connectivity index (χ1v) is 7.00. The molecule has 0 bridgehead atoms. The fourth-order valence-electron chi connectivity index (χ4n) is 1.70. The summed E-state index contributed by atoms with van der Waals surface area (Å²) < 4.78 is 0. The highest BCUT2D eigenvalue weighted by Gasteiger charge is 2.21. The van der Waals surface area contributed by atoms with E-state index in [0.717, 1.165) is 0 Å². The summed E-state index contributed by atoms with van der Waals surface area (Å²) in [6.07, 6.45) is 10.5. The van der Waals surface area contributed by atoms with Gasteiger partial charge in [0.2, 0.25) is 0 Å². The van der Waals surface area contributed by atoms with Crippen molar-refractivity contribution in [2.24, 2.45) is 5.92 Å². The molecular formula is C14H17S+. The van der Waals surface area contributed by atoms with Crippen LogP contribution in [0.15, 0.2) is 58.4 Å². The first-order chi connectivity index (χ1) is 7.27. The molecule has 2 unspecified atom stereocenters. The molecule has 2 rings (SSSR count). The van der Waals surface area contributed by atoms with E-state index in [1.165, 1.54) is 16.2 Å². The fraction of sp³-hybridized carbons (Fsp3) is 0.286. The molecule has 0 aliphatic heterocycles. The second-order valence-electron chi connectivity index (χ2n) is 4.00. The summed E-state index contributed by atoms with van der Waals surface area (Å²) in [6, 6.07) is 10.8. The lowest BCUT2D eigenvalue weighted by atomic mass is 10.0. The van der Waals surface area contributed by atoms with E-state index in [0.29, 0.717) is 5.92 Å². The van der Waals surface area contributed by atoms with Crippen molar-refractivity contribution < 1.29 is 0 Å². The average molecular weight is 217 g/mol. The van der Waals surface area contributed by atoms with E-state index >= 15 is 0 Å². The predicted molar refractivity (Wildman–Crippen MR) is 69.0 cm³/mol. The molecule has 0 saturated heterocycles. The van der Waals surface area contributed by atoms with Gasteiger partial charge in [0.25, 0.3) is 0 Å². The lowest BCUT2D eigenvalue weighted by molar-refractivity contribution is 0.735. The molecule has 1 heteroatoms. The minimum atomic E-state index is 0.240. The maximum Gasteiger partial charge on any atom is 0.160 e. The van der Waals surface area contributed by atoms with E-state index in [-0.39, 0.29) is 10.9 Å². The summed E-state index contributed by atoms with van der Waals surface area (Å²) in [4.78, 5) is 2.92. The molecule has 1 aromatic rings. The largest absolute Gasteiger partial charge is 0.160 e. The zero-order valence-electron chi connectivity index (χ0n) is 9.31. The van der Waals surface area contributed by atoms with Crippen LogP contribution >= 0.6 is 0 Å². The molecule has 2 atom stereocenters. The third kappa shape index (κ3) is 2.54. The van der Waals surface area contributed by atoms with Crippen LogP contribution in [0.25, 0.3) is 0 Å². The highest BCUT2D eigenvalue weighted by atomic mass is 32.2. The number of hydrogen-bond acceptors (Lipinski definition) is 0. The molecule has 0 nitrogen and oxygen atoms in total. The van der Waals surface area contributed by atoms with Crippen LogP contribution in [0.4, 0.5) is 0 Å². The monoisotopic (exact) mass is 217 g/mol. The lowest BCUT2D eigenvalue weighted by Gasteiger charge is -2.10. The average Bonchev–Trinajstić information content (AvgIpc) is 2.30. The Morgan fingerprint density at radius 1 is 1.20 bits per heavy atom. The molecule has 0 heterocycles. The van der Waals surface area contributed by atoms with Crippen LogP contribution in [-0.2, 0) is 10.9 Å². The first-order valence-electron chi connectivity index (χ1n) is 5.37. The molecule has 1 aromatic carbocycles. The van der Waals surface area contributed by atoms with Crippen molar-refractivity contribution in [2.45, 2.75) is 18.2 Å². The van der Waals surface area contributed by atoms with Crippen LogP contribution in [0.5, 0.6) is 0 Å². The predicted octanol–water partition coefficient (Wildman–Crippen LogP) is 3.77. The van der Waals surface area contributed by atoms with Crippen LogP contribution in [-0.4, -0.2) is 6.26 Å². The number of rotatable bonds is 2. The zero-order valence-corrected chi connectivity index (χ0v) is 10.1. The Labute approximate surface area is 95.1 Å². The standard InChI is InChI=1S/C14H17S/c1-12-8-10-14(11-9-12)15(2)13-6-4-3-5-7-13/h3-8,10-12H,9H2,1-2H3/q+1. The molecule has 0 amide bonds. The Balaban J connectivity index is 2.16. The van der Waals surface area contributed by atoms with Crippen LogP contribution in [0.2, 0.25) is 0 Å². The van der Waals surface area contributed by atoms with Crippen LogP contribution < -0.4 is 0 Å². The minimum Gasteiger partial charge on any atom is -0.0764 e. The second-order valence-corrected chi connectivity index (χ2v) is 5.97. The Kier molecular flexibility index (Phi) is 3.32. The van der Waals surface area contributed by atoms with E-state index in [4.69, 9.17) is 0 Å². The first kappa shape index (κ1) is 10.6. The van der Waals surface area contributed by atoms with Gasteiger partial charge >= 0.3 is 0 Å². The Bertz CT molecular complexity index is 376. The summed E-state index contributed by atoms with van der Waals surface area (Å²) in [7, 11) is 0.240. The maximum absolute atomic E-state index is 2.39. The van der Waals surface area contributed by atoms with Crippen molar-refractivity contribution in [3.63, 3.8) is 0 Å². The van der Waals surface area contributed by atoms with Crippen molar-refractivity contribution >= 4 is 10.9 Å². The molecule has 1 aliphatic carbocycles. The molecule has 0 radical (unpaired) electrons. The second kappa shape index (κ2) is 4.71. The molecule has 0 fully saturated rings. The molecule has 1 aliphatic rings. The summed E-state index contributed by atoms with van der Waals surface area (Å²) in [6.45, 7) is 2.26. The summed E-state index contributed by atoms with van der Waals surface area (Å²) in [5.41, 5.74) is 0. The highest BCUT2D eigenvalue weighted by molar-refractivity contribution is 8.00. The smallest absolute Gasteiger partial charge is 0.0764 e. The van der Waals surface area contributed by atoms with Gasteiger partial charge in [0.05, 0.1) is 10.9 Å². The summed E-state index contributed by atoms with van der Waals surface area (Å²) in [5, 5.41) is 0. The molecule has 0 saturated carbocycles. The maximum atomic E-state index is 2.39. The van der Waals surface area contributed by atoms with E-state index in [1.807, 2.05) is 0 Å². The Morgan fingerprint density at radius 3 is 2.53 bits per heavy atom. The van der Waals surface area contributed by atoms with E-state index in [2.05, 4.69) is 61.7 Å². The quantitative estimate of drug-likeness (QED) is 0.661. The normalized spacial score (nSPS) is 22.3. The van der Waals surface area contributed by atoms with Crippen molar-refractivity contribution in [2.75, 3.05) is 6.26 Å². The van der Waals surface area contributed by atoms with Gasteiger partial charge in [-0.15, -0.1) is 0 Å². The molecular weight excluding hydrogens is 200 g/mol. The third-order valence-corrected chi connectivity index (χ3v) is 4.72. The molecule has 78 valence electrons. The lowest BCUT2D eigenvalue weighted by Crippen LogP contribution is -2.05. The van der Waals surface area contributed by atoms with Crippen molar-refractivity contribution in [3.05, 3.63) is 53.5 Å².